The predicted octanol–water partition coefficient (Wildman–Crippen LogP) is 3.23. The van der Waals surface area contributed by atoms with Gasteiger partial charge < -0.3 is 14.4 Å². The first kappa shape index (κ1) is 27.2. The molecule has 2 aromatic carbocycles. The van der Waals surface area contributed by atoms with Gasteiger partial charge in [-0.15, -0.1) is 0 Å². The Morgan fingerprint density at radius 1 is 0.944 bits per heavy atom. The van der Waals surface area contributed by atoms with Crippen molar-refractivity contribution in [3.63, 3.8) is 0 Å². The van der Waals surface area contributed by atoms with Gasteiger partial charge in [0, 0.05) is 26.2 Å². The minimum absolute atomic E-state index is 0.0137. The van der Waals surface area contributed by atoms with E-state index < -0.39 is 0 Å². The summed E-state index contributed by atoms with van der Waals surface area (Å²) in [6.07, 6.45) is 3.94. The van der Waals surface area contributed by atoms with Crippen LogP contribution in [0.15, 0.2) is 54.6 Å². The zero-order chi connectivity index (χ0) is 25.6. The SMILES string of the molecule is CCCC(C(=O)NC=O)c1ccc(OCC(=O)N2CCN(CCCCOc3ccccc3)CC2)cc1. The second-order valence-corrected chi connectivity index (χ2v) is 8.92. The Morgan fingerprint density at radius 3 is 2.31 bits per heavy atom. The summed E-state index contributed by atoms with van der Waals surface area (Å²) in [6, 6.07) is 17.0. The second-order valence-electron chi connectivity index (χ2n) is 8.92. The highest BCUT2D eigenvalue weighted by atomic mass is 16.5. The molecule has 1 atom stereocenters. The Bertz CT molecular complexity index is 943. The first-order chi connectivity index (χ1) is 17.6. The van der Waals surface area contributed by atoms with Crippen molar-refractivity contribution in [2.75, 3.05) is 45.9 Å². The van der Waals surface area contributed by atoms with Crippen LogP contribution >= 0.6 is 0 Å². The van der Waals surface area contributed by atoms with Crippen LogP contribution in [0.1, 0.15) is 44.1 Å². The summed E-state index contributed by atoms with van der Waals surface area (Å²) < 4.78 is 11.4. The topological polar surface area (TPSA) is 88.2 Å². The van der Waals surface area contributed by atoms with Crippen LogP contribution in [-0.2, 0) is 14.4 Å². The fourth-order valence-corrected chi connectivity index (χ4v) is 4.29. The number of para-hydroxylation sites is 1. The van der Waals surface area contributed by atoms with Gasteiger partial charge >= 0.3 is 0 Å². The lowest BCUT2D eigenvalue weighted by molar-refractivity contribution is -0.135. The van der Waals surface area contributed by atoms with Crippen LogP contribution in [-0.4, -0.2) is 74.0 Å². The van der Waals surface area contributed by atoms with E-state index in [1.54, 1.807) is 12.1 Å². The van der Waals surface area contributed by atoms with Gasteiger partial charge in [-0.2, -0.15) is 0 Å². The highest BCUT2D eigenvalue weighted by Crippen LogP contribution is 2.24. The van der Waals surface area contributed by atoms with Gasteiger partial charge in [0.25, 0.3) is 5.91 Å². The van der Waals surface area contributed by atoms with E-state index in [0.29, 0.717) is 38.3 Å². The first-order valence-corrected chi connectivity index (χ1v) is 12.8. The number of nitrogens with one attached hydrogen (secondary N) is 1. The van der Waals surface area contributed by atoms with Gasteiger partial charge in [-0.3, -0.25) is 24.6 Å². The molecular weight excluding hydrogens is 458 g/mol. The summed E-state index contributed by atoms with van der Waals surface area (Å²) >= 11 is 0. The Labute approximate surface area is 213 Å². The number of unbranched alkanes of at least 4 members (excludes halogenated alkanes) is 1. The van der Waals surface area contributed by atoms with Gasteiger partial charge in [-0.05, 0) is 55.6 Å². The van der Waals surface area contributed by atoms with Crippen LogP contribution in [0.4, 0.5) is 0 Å². The van der Waals surface area contributed by atoms with E-state index in [0.717, 1.165) is 50.2 Å². The number of hydrogen-bond donors (Lipinski definition) is 1. The Hall–Kier alpha value is -3.39. The third kappa shape index (κ3) is 8.68. The van der Waals surface area contributed by atoms with Crippen LogP contribution in [0, 0.1) is 0 Å². The van der Waals surface area contributed by atoms with Gasteiger partial charge in [0.2, 0.25) is 12.3 Å². The molecule has 0 saturated carbocycles. The van der Waals surface area contributed by atoms with Crippen LogP contribution in [0.3, 0.4) is 0 Å². The van der Waals surface area contributed by atoms with Crippen LogP contribution in [0.25, 0.3) is 0 Å². The normalized spacial score (nSPS) is 14.6. The van der Waals surface area contributed by atoms with Crippen molar-refractivity contribution in [3.05, 3.63) is 60.2 Å². The molecule has 3 rings (SSSR count). The molecule has 36 heavy (non-hydrogen) atoms. The van der Waals surface area contributed by atoms with Crippen LogP contribution in [0.2, 0.25) is 0 Å². The number of amides is 3. The number of benzene rings is 2. The summed E-state index contributed by atoms with van der Waals surface area (Å²) in [5.41, 5.74) is 0.817. The molecule has 8 heteroatoms. The molecule has 0 bridgehead atoms. The number of carbonyl (C=O) groups is 3. The van der Waals surface area contributed by atoms with E-state index in [1.807, 2.05) is 54.3 Å². The fourth-order valence-electron chi connectivity index (χ4n) is 4.29. The summed E-state index contributed by atoms with van der Waals surface area (Å²) in [5, 5.41) is 2.24. The third-order valence-electron chi connectivity index (χ3n) is 6.35. The first-order valence-electron chi connectivity index (χ1n) is 12.8. The van der Waals surface area contributed by atoms with E-state index in [-0.39, 0.29) is 24.3 Å². The summed E-state index contributed by atoms with van der Waals surface area (Å²) in [6.45, 7) is 6.83. The average Bonchev–Trinajstić information content (AvgIpc) is 2.91. The van der Waals surface area contributed by atoms with Crippen molar-refractivity contribution in [3.8, 4) is 11.5 Å². The van der Waals surface area contributed by atoms with Gasteiger partial charge in [-0.25, -0.2) is 0 Å². The van der Waals surface area contributed by atoms with E-state index in [2.05, 4.69) is 10.2 Å². The average molecular weight is 496 g/mol. The monoisotopic (exact) mass is 495 g/mol. The lowest BCUT2D eigenvalue weighted by atomic mass is 9.93. The molecular formula is C28H37N3O5. The molecule has 3 amide bonds. The van der Waals surface area contributed by atoms with Crippen molar-refractivity contribution < 1.29 is 23.9 Å². The fraction of sp³-hybridized carbons (Fsp3) is 0.464. The van der Waals surface area contributed by atoms with Crippen molar-refractivity contribution in [1.29, 1.82) is 0 Å². The van der Waals surface area contributed by atoms with Crippen molar-refractivity contribution in [2.24, 2.45) is 0 Å². The molecule has 0 aliphatic carbocycles. The molecule has 1 saturated heterocycles. The smallest absolute Gasteiger partial charge is 0.260 e. The van der Waals surface area contributed by atoms with E-state index >= 15 is 0 Å². The van der Waals surface area contributed by atoms with Crippen molar-refractivity contribution in [2.45, 2.75) is 38.5 Å². The predicted molar refractivity (Wildman–Crippen MR) is 138 cm³/mol. The Morgan fingerprint density at radius 2 is 1.64 bits per heavy atom. The maximum Gasteiger partial charge on any atom is 0.260 e. The Kier molecular flexibility index (Phi) is 11.2. The number of hydrogen-bond acceptors (Lipinski definition) is 6. The lowest BCUT2D eigenvalue weighted by Crippen LogP contribution is -2.50. The second kappa shape index (κ2) is 14.9. The molecule has 0 radical (unpaired) electrons. The molecule has 1 aliphatic rings. The minimum atomic E-state index is -0.386. The maximum absolute atomic E-state index is 12.6. The highest BCUT2D eigenvalue weighted by Gasteiger charge is 2.22. The number of rotatable bonds is 14. The number of nitrogens with zero attached hydrogens (tertiary/aromatic N) is 2. The van der Waals surface area contributed by atoms with Gasteiger partial charge in [-0.1, -0.05) is 43.7 Å². The zero-order valence-electron chi connectivity index (χ0n) is 21.1. The molecule has 2 aromatic rings. The van der Waals surface area contributed by atoms with Crippen LogP contribution < -0.4 is 14.8 Å². The standard InChI is InChI=1S/C28H37N3O5/c1-2-8-26(28(34)29-22-32)23-11-13-25(14-12-23)36-21-27(33)31-18-16-30(17-19-31)15-6-7-20-35-24-9-4-3-5-10-24/h3-5,9-14,22,26H,2,6-8,15-21H2,1H3,(H,29,32,34). The van der Waals surface area contributed by atoms with E-state index in [1.165, 1.54) is 0 Å². The van der Waals surface area contributed by atoms with E-state index in [9.17, 15) is 14.4 Å². The molecule has 8 nitrogen and oxygen atoms in total. The zero-order valence-corrected chi connectivity index (χ0v) is 21.1. The summed E-state index contributed by atoms with van der Waals surface area (Å²) in [7, 11) is 0. The third-order valence-corrected chi connectivity index (χ3v) is 6.35. The molecule has 0 spiro atoms. The quantitative estimate of drug-likeness (QED) is 0.320. The van der Waals surface area contributed by atoms with Crippen molar-refractivity contribution >= 4 is 18.2 Å². The van der Waals surface area contributed by atoms with Crippen molar-refractivity contribution in [1.82, 2.24) is 15.1 Å². The molecule has 1 aliphatic heterocycles. The molecule has 1 N–H and O–H groups in total. The lowest BCUT2D eigenvalue weighted by Gasteiger charge is -2.34. The Balaban J connectivity index is 1.33. The van der Waals surface area contributed by atoms with Gasteiger partial charge in [0.05, 0.1) is 12.5 Å². The summed E-state index contributed by atoms with van der Waals surface area (Å²) in [4.78, 5) is 39.6. The number of carbonyl (C=O) groups excluding carboxylic acids is 3. The number of ether oxygens (including phenoxy) is 2. The molecule has 1 fully saturated rings. The summed E-state index contributed by atoms with van der Waals surface area (Å²) in [5.74, 6) is 0.767. The number of piperazine rings is 1. The van der Waals surface area contributed by atoms with Crippen LogP contribution in [0.5, 0.6) is 11.5 Å². The largest absolute Gasteiger partial charge is 0.494 e. The molecule has 1 heterocycles. The molecule has 194 valence electrons. The minimum Gasteiger partial charge on any atom is -0.494 e. The molecule has 0 aromatic heterocycles. The van der Waals surface area contributed by atoms with E-state index in [4.69, 9.17) is 9.47 Å². The maximum atomic E-state index is 12.6. The molecule has 1 unspecified atom stereocenters. The highest BCUT2D eigenvalue weighted by molar-refractivity contribution is 5.91. The number of imide groups is 1. The van der Waals surface area contributed by atoms with Gasteiger partial charge in [0.15, 0.2) is 6.61 Å². The van der Waals surface area contributed by atoms with Gasteiger partial charge in [0.1, 0.15) is 11.5 Å².